The zero-order valence-corrected chi connectivity index (χ0v) is 12.1. The van der Waals surface area contributed by atoms with Crippen LogP contribution in [0.25, 0.3) is 0 Å². The first kappa shape index (κ1) is 15.6. The van der Waals surface area contributed by atoms with E-state index in [4.69, 9.17) is 19.3 Å². The normalized spacial score (nSPS) is 12.8. The van der Waals surface area contributed by atoms with Crippen LogP contribution in [-0.2, 0) is 10.0 Å². The van der Waals surface area contributed by atoms with Gasteiger partial charge in [0.15, 0.2) is 0 Å². The summed E-state index contributed by atoms with van der Waals surface area (Å²) in [5.41, 5.74) is 0. The van der Waals surface area contributed by atoms with Crippen molar-refractivity contribution in [3.05, 3.63) is 18.2 Å². The molecule has 1 unspecified atom stereocenters. The molecule has 0 amide bonds. The van der Waals surface area contributed by atoms with Crippen molar-refractivity contribution in [2.24, 2.45) is 11.1 Å². The average Bonchev–Trinajstić information content (AvgIpc) is 2.33. The highest BCUT2D eigenvalue weighted by Gasteiger charge is 2.12. The Morgan fingerprint density at radius 1 is 1.11 bits per heavy atom. The third kappa shape index (κ3) is 5.80. The second-order valence-corrected chi connectivity index (χ2v) is 5.95. The van der Waals surface area contributed by atoms with Crippen LogP contribution in [0.1, 0.15) is 6.92 Å². The van der Waals surface area contributed by atoms with Gasteiger partial charge in [-0.2, -0.15) is 0 Å². The number of ether oxygens (including phenoxy) is 3. The summed E-state index contributed by atoms with van der Waals surface area (Å²) in [7, 11) is -0.395. The molecule has 1 rings (SSSR count). The van der Waals surface area contributed by atoms with Crippen LogP contribution in [0.15, 0.2) is 18.2 Å². The lowest BCUT2D eigenvalue weighted by atomic mass is 10.2. The molecule has 1 aromatic carbocycles. The lowest BCUT2D eigenvalue weighted by Crippen LogP contribution is -2.25. The molecule has 0 aromatic heterocycles. The number of sulfonamides is 1. The van der Waals surface area contributed by atoms with Crippen LogP contribution in [0.3, 0.4) is 0 Å². The lowest BCUT2D eigenvalue weighted by molar-refractivity contribution is 0.268. The smallest absolute Gasteiger partial charge is 0.209 e. The fourth-order valence-corrected chi connectivity index (χ4v) is 2.44. The van der Waals surface area contributed by atoms with E-state index in [1.807, 2.05) is 0 Å². The molecule has 6 nitrogen and oxygen atoms in total. The Bertz CT molecular complexity index is 493. The molecule has 7 heteroatoms. The zero-order chi connectivity index (χ0) is 14.5. The zero-order valence-electron chi connectivity index (χ0n) is 11.3. The van der Waals surface area contributed by atoms with Crippen molar-refractivity contribution in [1.82, 2.24) is 0 Å². The summed E-state index contributed by atoms with van der Waals surface area (Å²) in [5, 5.41) is 4.97. The molecule has 1 aromatic rings. The molecule has 19 heavy (non-hydrogen) atoms. The highest BCUT2D eigenvalue weighted by atomic mass is 32.2. The van der Waals surface area contributed by atoms with E-state index >= 15 is 0 Å². The molecular formula is C12H19NO5S. The molecule has 108 valence electrons. The Balaban J connectivity index is 2.66. The van der Waals surface area contributed by atoms with Crippen molar-refractivity contribution in [1.29, 1.82) is 0 Å². The van der Waals surface area contributed by atoms with Crippen LogP contribution in [0.5, 0.6) is 17.2 Å². The van der Waals surface area contributed by atoms with Gasteiger partial charge in [0, 0.05) is 24.1 Å². The SMILES string of the molecule is COc1cc(OC)cc(OCC(C)CS(N)(=O)=O)c1. The van der Waals surface area contributed by atoms with E-state index in [9.17, 15) is 8.42 Å². The number of hydrogen-bond donors (Lipinski definition) is 1. The van der Waals surface area contributed by atoms with Crippen LogP contribution < -0.4 is 19.3 Å². The van der Waals surface area contributed by atoms with Crippen molar-refractivity contribution in [3.63, 3.8) is 0 Å². The number of benzene rings is 1. The quantitative estimate of drug-likeness (QED) is 0.809. The van der Waals surface area contributed by atoms with E-state index < -0.39 is 10.0 Å². The summed E-state index contributed by atoms with van der Waals surface area (Å²) < 4.78 is 37.6. The maximum Gasteiger partial charge on any atom is 0.209 e. The molecule has 0 aliphatic carbocycles. The Labute approximate surface area is 113 Å². The molecule has 0 heterocycles. The molecule has 0 aliphatic heterocycles. The van der Waals surface area contributed by atoms with Crippen molar-refractivity contribution in [2.75, 3.05) is 26.6 Å². The van der Waals surface area contributed by atoms with E-state index in [-0.39, 0.29) is 18.3 Å². The molecule has 1 atom stereocenters. The highest BCUT2D eigenvalue weighted by Crippen LogP contribution is 2.27. The molecular weight excluding hydrogens is 270 g/mol. The van der Waals surface area contributed by atoms with E-state index in [1.54, 1.807) is 39.3 Å². The van der Waals surface area contributed by atoms with Crippen molar-refractivity contribution in [3.8, 4) is 17.2 Å². The van der Waals surface area contributed by atoms with Crippen LogP contribution in [0.2, 0.25) is 0 Å². The number of nitrogens with two attached hydrogens (primary N) is 1. The summed E-state index contributed by atoms with van der Waals surface area (Å²) in [6.45, 7) is 1.99. The number of methoxy groups -OCH3 is 2. The standard InChI is InChI=1S/C12H19NO5S/c1-9(8-19(13,14)15)7-18-12-5-10(16-2)4-11(6-12)17-3/h4-6,9H,7-8H2,1-3H3,(H2,13,14,15). The molecule has 0 fully saturated rings. The largest absolute Gasteiger partial charge is 0.496 e. The summed E-state index contributed by atoms with van der Waals surface area (Å²) in [6, 6.07) is 5.12. The third-order valence-electron chi connectivity index (χ3n) is 2.38. The summed E-state index contributed by atoms with van der Waals surface area (Å²) >= 11 is 0. The van der Waals surface area contributed by atoms with Gasteiger partial charge in [-0.05, 0) is 0 Å². The molecule has 0 saturated carbocycles. The van der Waals surface area contributed by atoms with Crippen LogP contribution in [-0.4, -0.2) is 35.0 Å². The topological polar surface area (TPSA) is 87.8 Å². The first-order valence-corrected chi connectivity index (χ1v) is 7.42. The molecule has 0 saturated heterocycles. The molecule has 0 spiro atoms. The monoisotopic (exact) mass is 289 g/mol. The Morgan fingerprint density at radius 2 is 1.58 bits per heavy atom. The minimum Gasteiger partial charge on any atom is -0.496 e. The summed E-state index contributed by atoms with van der Waals surface area (Å²) in [4.78, 5) is 0. The van der Waals surface area contributed by atoms with Gasteiger partial charge in [0.05, 0.1) is 26.6 Å². The second kappa shape index (κ2) is 6.63. The molecule has 0 radical (unpaired) electrons. The first-order chi connectivity index (χ1) is 8.84. The second-order valence-electron chi connectivity index (χ2n) is 4.29. The Morgan fingerprint density at radius 3 is 2.00 bits per heavy atom. The van der Waals surface area contributed by atoms with Gasteiger partial charge in [0.2, 0.25) is 10.0 Å². The predicted molar refractivity (Wildman–Crippen MR) is 72.2 cm³/mol. The maximum atomic E-state index is 10.9. The van der Waals surface area contributed by atoms with E-state index in [0.717, 1.165) is 0 Å². The lowest BCUT2D eigenvalue weighted by Gasteiger charge is -2.13. The van der Waals surface area contributed by atoms with Crippen molar-refractivity contribution < 1.29 is 22.6 Å². The number of rotatable bonds is 7. The van der Waals surface area contributed by atoms with Gasteiger partial charge < -0.3 is 14.2 Å². The third-order valence-corrected chi connectivity index (χ3v) is 3.41. The van der Waals surface area contributed by atoms with Gasteiger partial charge in [-0.3, -0.25) is 0 Å². The van der Waals surface area contributed by atoms with Gasteiger partial charge in [-0.1, -0.05) is 6.92 Å². The van der Waals surface area contributed by atoms with E-state index in [1.165, 1.54) is 0 Å². The minimum absolute atomic E-state index is 0.117. The predicted octanol–water partition coefficient (Wildman–Crippen LogP) is 1.01. The minimum atomic E-state index is -3.48. The van der Waals surface area contributed by atoms with Crippen molar-refractivity contribution >= 4 is 10.0 Å². The number of hydrogen-bond acceptors (Lipinski definition) is 5. The Kier molecular flexibility index (Phi) is 5.44. The Hall–Kier alpha value is -1.47. The fraction of sp³-hybridized carbons (Fsp3) is 0.500. The van der Waals surface area contributed by atoms with Gasteiger partial charge in [-0.15, -0.1) is 0 Å². The van der Waals surface area contributed by atoms with Gasteiger partial charge in [0.25, 0.3) is 0 Å². The average molecular weight is 289 g/mol. The molecule has 0 aliphatic rings. The molecule has 0 bridgehead atoms. The van der Waals surface area contributed by atoms with E-state index in [2.05, 4.69) is 0 Å². The highest BCUT2D eigenvalue weighted by molar-refractivity contribution is 7.89. The van der Waals surface area contributed by atoms with Crippen LogP contribution in [0.4, 0.5) is 0 Å². The van der Waals surface area contributed by atoms with Crippen LogP contribution >= 0.6 is 0 Å². The van der Waals surface area contributed by atoms with Crippen molar-refractivity contribution in [2.45, 2.75) is 6.92 Å². The summed E-state index contributed by atoms with van der Waals surface area (Å²) in [5.74, 6) is 1.44. The van der Waals surface area contributed by atoms with Gasteiger partial charge in [0.1, 0.15) is 17.2 Å². The van der Waals surface area contributed by atoms with Gasteiger partial charge >= 0.3 is 0 Å². The molecule has 2 N–H and O–H groups in total. The van der Waals surface area contributed by atoms with Gasteiger partial charge in [-0.25, -0.2) is 13.6 Å². The number of primary sulfonamides is 1. The summed E-state index contributed by atoms with van der Waals surface area (Å²) in [6.07, 6.45) is 0. The van der Waals surface area contributed by atoms with E-state index in [0.29, 0.717) is 17.2 Å². The van der Waals surface area contributed by atoms with Crippen LogP contribution in [0, 0.1) is 5.92 Å². The maximum absolute atomic E-state index is 10.9. The fourth-order valence-electron chi connectivity index (χ4n) is 1.55. The first-order valence-electron chi connectivity index (χ1n) is 5.70.